The summed E-state index contributed by atoms with van der Waals surface area (Å²) in [5.74, 6) is 0.881. The van der Waals surface area contributed by atoms with E-state index in [4.69, 9.17) is 9.47 Å². The summed E-state index contributed by atoms with van der Waals surface area (Å²) in [6, 6.07) is 8.90. The fraction of sp³-hybridized carbons (Fsp3) is 0.696. The van der Waals surface area contributed by atoms with Crippen LogP contribution < -0.4 is 10.6 Å². The summed E-state index contributed by atoms with van der Waals surface area (Å²) in [4.78, 5) is 6.86. The summed E-state index contributed by atoms with van der Waals surface area (Å²) in [5, 5.41) is 7.03. The molecule has 0 spiro atoms. The van der Waals surface area contributed by atoms with Gasteiger partial charge in [0.2, 0.25) is 0 Å². The molecule has 30 heavy (non-hydrogen) atoms. The highest BCUT2D eigenvalue weighted by Gasteiger charge is 2.33. The molecule has 2 fully saturated rings. The highest BCUT2D eigenvalue weighted by atomic mass is 127. The van der Waals surface area contributed by atoms with Gasteiger partial charge in [0.05, 0.1) is 13.2 Å². The standard InChI is InChI=1S/C23H38N4O2.HI/c1-24-22(26-19-23(11-14-28-2)9-3-4-10-23)25-17-20-5-7-21(8-6-20)18-27-12-15-29-16-13-27;/h5-8H,3-4,9-19H2,1-2H3,(H2,24,25,26);1H. The number of nitrogens with one attached hydrogen (secondary N) is 2. The van der Waals surface area contributed by atoms with E-state index in [0.717, 1.165) is 64.9 Å². The van der Waals surface area contributed by atoms with Crippen LogP contribution in [0.3, 0.4) is 0 Å². The number of aliphatic imine (C=N–C) groups is 1. The molecule has 0 radical (unpaired) electrons. The van der Waals surface area contributed by atoms with Crippen LogP contribution in [0.4, 0.5) is 0 Å². The number of benzene rings is 1. The van der Waals surface area contributed by atoms with Gasteiger partial charge in [-0.05, 0) is 35.8 Å². The van der Waals surface area contributed by atoms with E-state index in [9.17, 15) is 0 Å². The van der Waals surface area contributed by atoms with Gasteiger partial charge < -0.3 is 20.1 Å². The summed E-state index contributed by atoms with van der Waals surface area (Å²) >= 11 is 0. The Morgan fingerprint density at radius 3 is 2.40 bits per heavy atom. The zero-order valence-electron chi connectivity index (χ0n) is 18.6. The van der Waals surface area contributed by atoms with Gasteiger partial charge in [0.1, 0.15) is 0 Å². The van der Waals surface area contributed by atoms with Gasteiger partial charge in [-0.2, -0.15) is 0 Å². The van der Waals surface area contributed by atoms with Crippen LogP contribution in [0.1, 0.15) is 43.2 Å². The monoisotopic (exact) mass is 530 g/mol. The largest absolute Gasteiger partial charge is 0.385 e. The van der Waals surface area contributed by atoms with Crippen molar-refractivity contribution in [2.45, 2.75) is 45.2 Å². The maximum atomic E-state index is 5.43. The molecule has 2 aliphatic rings. The molecule has 1 aromatic carbocycles. The summed E-state index contributed by atoms with van der Waals surface area (Å²) in [7, 11) is 3.64. The van der Waals surface area contributed by atoms with Crippen LogP contribution in [-0.4, -0.2) is 64.5 Å². The van der Waals surface area contributed by atoms with Crippen molar-refractivity contribution in [2.24, 2.45) is 10.4 Å². The molecule has 3 rings (SSSR count). The van der Waals surface area contributed by atoms with Crippen molar-refractivity contribution in [3.05, 3.63) is 35.4 Å². The Morgan fingerprint density at radius 1 is 1.10 bits per heavy atom. The maximum Gasteiger partial charge on any atom is 0.191 e. The number of hydrogen-bond acceptors (Lipinski definition) is 4. The van der Waals surface area contributed by atoms with E-state index in [1.807, 2.05) is 7.05 Å². The van der Waals surface area contributed by atoms with Crippen molar-refractivity contribution in [2.75, 3.05) is 53.6 Å². The molecule has 6 nitrogen and oxygen atoms in total. The van der Waals surface area contributed by atoms with Crippen LogP contribution in [0, 0.1) is 5.41 Å². The van der Waals surface area contributed by atoms with Gasteiger partial charge in [-0.15, -0.1) is 24.0 Å². The molecular formula is C23H39IN4O2. The normalized spacial score (nSPS) is 19.3. The SMILES string of the molecule is CN=C(NCc1ccc(CN2CCOCC2)cc1)NCC1(CCOC)CCCC1.I. The molecule has 0 bridgehead atoms. The Balaban J connectivity index is 0.00000320. The third-order valence-electron chi connectivity index (χ3n) is 6.35. The van der Waals surface area contributed by atoms with E-state index in [2.05, 4.69) is 44.8 Å². The predicted molar refractivity (Wildman–Crippen MR) is 134 cm³/mol. The zero-order valence-corrected chi connectivity index (χ0v) is 21.0. The van der Waals surface area contributed by atoms with Gasteiger partial charge in [0.15, 0.2) is 5.96 Å². The number of hydrogen-bond donors (Lipinski definition) is 2. The van der Waals surface area contributed by atoms with Crippen LogP contribution in [0.2, 0.25) is 0 Å². The van der Waals surface area contributed by atoms with E-state index in [1.165, 1.54) is 36.8 Å². The van der Waals surface area contributed by atoms with Crippen molar-refractivity contribution in [1.29, 1.82) is 0 Å². The number of nitrogens with zero attached hydrogens (tertiary/aromatic N) is 2. The van der Waals surface area contributed by atoms with Gasteiger partial charge in [0, 0.05) is 53.5 Å². The number of rotatable bonds is 9. The number of halogens is 1. The highest BCUT2D eigenvalue weighted by molar-refractivity contribution is 14.0. The lowest BCUT2D eigenvalue weighted by molar-refractivity contribution is 0.0342. The second-order valence-corrected chi connectivity index (χ2v) is 8.43. The second kappa shape index (κ2) is 13.5. The molecule has 1 saturated carbocycles. The van der Waals surface area contributed by atoms with Crippen LogP contribution in [0.15, 0.2) is 29.3 Å². The van der Waals surface area contributed by atoms with Crippen LogP contribution in [0.25, 0.3) is 0 Å². The average Bonchev–Trinajstić information content (AvgIpc) is 3.23. The molecule has 1 saturated heterocycles. The Bertz CT molecular complexity index is 627. The summed E-state index contributed by atoms with van der Waals surface area (Å²) in [6.07, 6.45) is 6.34. The smallest absolute Gasteiger partial charge is 0.191 e. The first-order valence-corrected chi connectivity index (χ1v) is 11.0. The van der Waals surface area contributed by atoms with Gasteiger partial charge in [0.25, 0.3) is 0 Å². The third-order valence-corrected chi connectivity index (χ3v) is 6.35. The Labute approximate surface area is 199 Å². The minimum atomic E-state index is 0. The molecule has 1 aliphatic carbocycles. The molecule has 0 unspecified atom stereocenters. The van der Waals surface area contributed by atoms with Gasteiger partial charge >= 0.3 is 0 Å². The predicted octanol–water partition coefficient (Wildman–Crippen LogP) is 3.40. The molecule has 0 atom stereocenters. The fourth-order valence-electron chi connectivity index (χ4n) is 4.42. The van der Waals surface area contributed by atoms with Crippen LogP contribution in [0.5, 0.6) is 0 Å². The van der Waals surface area contributed by atoms with Gasteiger partial charge in [-0.25, -0.2) is 0 Å². The molecule has 1 aromatic rings. The Kier molecular flexibility index (Phi) is 11.4. The number of methoxy groups -OCH3 is 1. The average molecular weight is 530 g/mol. The fourth-order valence-corrected chi connectivity index (χ4v) is 4.42. The Morgan fingerprint density at radius 2 is 1.77 bits per heavy atom. The number of morpholine rings is 1. The lowest BCUT2D eigenvalue weighted by Crippen LogP contribution is -2.43. The highest BCUT2D eigenvalue weighted by Crippen LogP contribution is 2.40. The van der Waals surface area contributed by atoms with Gasteiger partial charge in [-0.1, -0.05) is 37.1 Å². The number of guanidine groups is 1. The third kappa shape index (κ3) is 7.98. The first kappa shape index (κ1) is 25.4. The van der Waals surface area contributed by atoms with Crippen molar-refractivity contribution >= 4 is 29.9 Å². The van der Waals surface area contributed by atoms with Gasteiger partial charge in [-0.3, -0.25) is 9.89 Å². The van der Waals surface area contributed by atoms with E-state index >= 15 is 0 Å². The van der Waals surface area contributed by atoms with E-state index in [0.29, 0.717) is 5.41 Å². The molecule has 1 aliphatic heterocycles. The minimum absolute atomic E-state index is 0. The lowest BCUT2D eigenvalue weighted by Gasteiger charge is -2.30. The minimum Gasteiger partial charge on any atom is -0.385 e. The first-order chi connectivity index (χ1) is 14.2. The molecular weight excluding hydrogens is 491 g/mol. The second-order valence-electron chi connectivity index (χ2n) is 8.43. The van der Waals surface area contributed by atoms with Crippen molar-refractivity contribution in [3.63, 3.8) is 0 Å². The molecule has 0 aromatic heterocycles. The van der Waals surface area contributed by atoms with E-state index < -0.39 is 0 Å². The summed E-state index contributed by atoms with van der Waals surface area (Å²) < 4.78 is 10.8. The van der Waals surface area contributed by atoms with Crippen molar-refractivity contribution in [3.8, 4) is 0 Å². The zero-order chi connectivity index (χ0) is 20.4. The van der Waals surface area contributed by atoms with E-state index in [1.54, 1.807) is 7.11 Å². The quantitative estimate of drug-likeness (QED) is 0.291. The molecule has 7 heteroatoms. The van der Waals surface area contributed by atoms with Crippen molar-refractivity contribution in [1.82, 2.24) is 15.5 Å². The number of ether oxygens (including phenoxy) is 2. The topological polar surface area (TPSA) is 58.1 Å². The van der Waals surface area contributed by atoms with Crippen LogP contribution in [-0.2, 0) is 22.6 Å². The van der Waals surface area contributed by atoms with E-state index in [-0.39, 0.29) is 24.0 Å². The summed E-state index contributed by atoms with van der Waals surface area (Å²) in [6.45, 7) is 7.33. The van der Waals surface area contributed by atoms with Crippen LogP contribution >= 0.6 is 24.0 Å². The molecule has 2 N–H and O–H groups in total. The Hall–Kier alpha value is -0.900. The molecule has 170 valence electrons. The van der Waals surface area contributed by atoms with Crippen molar-refractivity contribution < 1.29 is 9.47 Å². The molecule has 1 heterocycles. The molecule has 0 amide bonds. The summed E-state index contributed by atoms with van der Waals surface area (Å²) in [5.41, 5.74) is 2.99. The maximum absolute atomic E-state index is 5.43. The lowest BCUT2D eigenvalue weighted by atomic mass is 9.83. The first-order valence-electron chi connectivity index (χ1n) is 11.0.